The van der Waals surface area contributed by atoms with E-state index in [4.69, 9.17) is 16.3 Å². The first-order valence-electron chi connectivity index (χ1n) is 8.91. The van der Waals surface area contributed by atoms with Crippen LogP contribution in [0.1, 0.15) is 24.2 Å². The predicted molar refractivity (Wildman–Crippen MR) is 111 cm³/mol. The normalized spacial score (nSPS) is 11.7. The number of H-pyrrole nitrogens is 1. The number of aromatic nitrogens is 1. The van der Waals surface area contributed by atoms with Crippen molar-refractivity contribution in [3.05, 3.63) is 69.5 Å². The highest BCUT2D eigenvalue weighted by Crippen LogP contribution is 2.27. The number of para-hydroxylation sites is 1. The van der Waals surface area contributed by atoms with Crippen molar-refractivity contribution in [2.45, 2.75) is 18.7 Å². The summed E-state index contributed by atoms with van der Waals surface area (Å²) in [6, 6.07) is 11.7. The van der Waals surface area contributed by atoms with Crippen LogP contribution >= 0.6 is 11.6 Å². The van der Waals surface area contributed by atoms with Crippen molar-refractivity contribution in [2.24, 2.45) is 0 Å². The van der Waals surface area contributed by atoms with Gasteiger partial charge in [0, 0.05) is 30.1 Å². The fourth-order valence-corrected chi connectivity index (χ4v) is 4.62. The van der Waals surface area contributed by atoms with Gasteiger partial charge >= 0.3 is 5.97 Å². The van der Waals surface area contributed by atoms with E-state index in [-0.39, 0.29) is 26.6 Å². The summed E-state index contributed by atoms with van der Waals surface area (Å²) in [6.45, 7) is 4.10. The zero-order chi connectivity index (χ0) is 21.2. The number of fused-ring (bicyclic) bond motifs is 1. The molecule has 3 aromatic rings. The minimum atomic E-state index is -3.74. The second-order valence-corrected chi connectivity index (χ2v) is 8.51. The van der Waals surface area contributed by atoms with Gasteiger partial charge in [-0.05, 0) is 30.3 Å². The average molecular weight is 435 g/mol. The Hall–Kier alpha value is -2.68. The molecule has 2 aromatic carbocycles. The first-order valence-corrected chi connectivity index (χ1v) is 10.7. The van der Waals surface area contributed by atoms with Gasteiger partial charge in [0.1, 0.15) is 5.75 Å². The van der Waals surface area contributed by atoms with Crippen molar-refractivity contribution in [3.63, 3.8) is 0 Å². The summed E-state index contributed by atoms with van der Waals surface area (Å²) in [5.41, 5.74) is -0.245. The number of halogens is 1. The molecule has 0 aliphatic heterocycles. The highest BCUT2D eigenvalue weighted by atomic mass is 35.5. The summed E-state index contributed by atoms with van der Waals surface area (Å²) in [6.07, 6.45) is 0. The molecule has 1 aromatic heterocycles. The average Bonchev–Trinajstić information content (AvgIpc) is 2.69. The molecule has 0 amide bonds. The Labute approximate surface area is 172 Å². The SMILES string of the molecule is CCN(CC)S(=O)(=O)c1ccc2[nH]c(=O)cc(C(=O)Oc3ccccc3Cl)c2c1. The van der Waals surface area contributed by atoms with Crippen LogP contribution in [-0.4, -0.2) is 36.8 Å². The first kappa shape index (κ1) is 21.0. The lowest BCUT2D eigenvalue weighted by molar-refractivity contribution is 0.0736. The smallest absolute Gasteiger partial charge is 0.344 e. The number of benzene rings is 2. The number of ether oxygens (including phenoxy) is 1. The van der Waals surface area contributed by atoms with Gasteiger partial charge in [0.25, 0.3) is 0 Å². The predicted octanol–water partition coefficient (Wildman–Crippen LogP) is 3.43. The third kappa shape index (κ3) is 4.19. The van der Waals surface area contributed by atoms with Gasteiger partial charge in [-0.15, -0.1) is 0 Å². The molecule has 152 valence electrons. The van der Waals surface area contributed by atoms with Crippen LogP contribution in [-0.2, 0) is 10.0 Å². The molecule has 0 bridgehead atoms. The number of pyridine rings is 1. The van der Waals surface area contributed by atoms with E-state index in [0.717, 1.165) is 6.07 Å². The van der Waals surface area contributed by atoms with Crippen molar-refractivity contribution in [1.29, 1.82) is 0 Å². The highest BCUT2D eigenvalue weighted by Gasteiger charge is 2.23. The maximum Gasteiger partial charge on any atom is 0.344 e. The maximum absolute atomic E-state index is 12.8. The number of esters is 1. The van der Waals surface area contributed by atoms with E-state index in [1.54, 1.807) is 32.0 Å². The number of hydrogen-bond donors (Lipinski definition) is 1. The third-order valence-electron chi connectivity index (χ3n) is 4.42. The summed E-state index contributed by atoms with van der Waals surface area (Å²) >= 11 is 6.03. The Kier molecular flexibility index (Phi) is 6.07. The van der Waals surface area contributed by atoms with E-state index < -0.39 is 21.6 Å². The van der Waals surface area contributed by atoms with E-state index in [1.807, 2.05) is 0 Å². The Morgan fingerprint density at radius 2 is 1.79 bits per heavy atom. The van der Waals surface area contributed by atoms with Crippen LogP contribution < -0.4 is 10.3 Å². The molecule has 1 N–H and O–H groups in total. The van der Waals surface area contributed by atoms with Gasteiger partial charge in [0.05, 0.1) is 15.5 Å². The minimum Gasteiger partial charge on any atom is -0.421 e. The van der Waals surface area contributed by atoms with Gasteiger partial charge in [-0.1, -0.05) is 37.6 Å². The number of carbonyl (C=O) groups is 1. The summed E-state index contributed by atoms with van der Waals surface area (Å²) in [4.78, 5) is 27.4. The number of aromatic amines is 1. The lowest BCUT2D eigenvalue weighted by atomic mass is 10.1. The molecule has 0 aliphatic carbocycles. The molecule has 0 atom stereocenters. The topological polar surface area (TPSA) is 96.5 Å². The zero-order valence-electron chi connectivity index (χ0n) is 15.8. The van der Waals surface area contributed by atoms with Crippen LogP contribution in [0, 0.1) is 0 Å². The molecular formula is C20H19ClN2O5S. The number of nitrogens with zero attached hydrogens (tertiary/aromatic N) is 1. The fraction of sp³-hybridized carbons (Fsp3) is 0.200. The van der Waals surface area contributed by atoms with E-state index in [2.05, 4.69) is 4.98 Å². The number of rotatable bonds is 6. The summed E-state index contributed by atoms with van der Waals surface area (Å²) in [5, 5.41) is 0.495. The molecule has 0 fully saturated rings. The summed E-state index contributed by atoms with van der Waals surface area (Å²) in [7, 11) is -3.74. The molecule has 0 saturated heterocycles. The van der Waals surface area contributed by atoms with Crippen LogP contribution in [0.15, 0.2) is 58.2 Å². The summed E-state index contributed by atoms with van der Waals surface area (Å²) < 4.78 is 32.3. The second-order valence-electron chi connectivity index (χ2n) is 6.16. The molecule has 9 heteroatoms. The number of carbonyl (C=O) groups excluding carboxylic acids is 1. The van der Waals surface area contributed by atoms with Gasteiger partial charge in [0.15, 0.2) is 0 Å². The van der Waals surface area contributed by atoms with E-state index in [1.165, 1.54) is 28.6 Å². The molecule has 29 heavy (non-hydrogen) atoms. The summed E-state index contributed by atoms with van der Waals surface area (Å²) in [5.74, 6) is -0.675. The standard InChI is InChI=1S/C20H19ClN2O5S/c1-3-23(4-2)29(26,27)13-9-10-17-14(11-13)15(12-19(24)22-17)20(25)28-18-8-6-5-7-16(18)21/h5-12H,3-4H2,1-2H3,(H,22,24). The third-order valence-corrected chi connectivity index (χ3v) is 6.78. The molecule has 1 heterocycles. The van der Waals surface area contributed by atoms with Crippen molar-refractivity contribution in [2.75, 3.05) is 13.1 Å². The Morgan fingerprint density at radius 3 is 2.45 bits per heavy atom. The number of hydrogen-bond acceptors (Lipinski definition) is 5. The molecule has 3 rings (SSSR count). The van der Waals surface area contributed by atoms with Crippen LogP contribution in [0.2, 0.25) is 5.02 Å². The van der Waals surface area contributed by atoms with Crippen molar-refractivity contribution < 1.29 is 17.9 Å². The lowest BCUT2D eigenvalue weighted by Gasteiger charge is -2.19. The molecule has 0 spiro atoms. The molecular weight excluding hydrogens is 416 g/mol. The van der Waals surface area contributed by atoms with Gasteiger partial charge < -0.3 is 9.72 Å². The first-order chi connectivity index (χ1) is 13.8. The van der Waals surface area contributed by atoms with Crippen molar-refractivity contribution >= 4 is 38.5 Å². The highest BCUT2D eigenvalue weighted by molar-refractivity contribution is 7.89. The number of nitrogens with one attached hydrogen (secondary N) is 1. The van der Waals surface area contributed by atoms with Crippen LogP contribution in [0.25, 0.3) is 10.9 Å². The maximum atomic E-state index is 12.8. The van der Waals surface area contributed by atoms with Crippen LogP contribution in [0.4, 0.5) is 0 Å². The lowest BCUT2D eigenvalue weighted by Crippen LogP contribution is -2.30. The largest absolute Gasteiger partial charge is 0.421 e. The van der Waals surface area contributed by atoms with E-state index in [0.29, 0.717) is 18.6 Å². The molecule has 0 radical (unpaired) electrons. The zero-order valence-corrected chi connectivity index (χ0v) is 17.4. The van der Waals surface area contributed by atoms with Crippen molar-refractivity contribution in [3.8, 4) is 5.75 Å². The quantitative estimate of drug-likeness (QED) is 0.473. The van der Waals surface area contributed by atoms with E-state index in [9.17, 15) is 18.0 Å². The minimum absolute atomic E-state index is 0.0209. The fourth-order valence-electron chi connectivity index (χ4n) is 2.96. The Bertz CT molecular complexity index is 1230. The van der Waals surface area contributed by atoms with Gasteiger partial charge in [-0.2, -0.15) is 4.31 Å². The van der Waals surface area contributed by atoms with Crippen LogP contribution in [0.5, 0.6) is 5.75 Å². The molecule has 0 saturated carbocycles. The van der Waals surface area contributed by atoms with Gasteiger partial charge in [0.2, 0.25) is 15.6 Å². The van der Waals surface area contributed by atoms with Crippen molar-refractivity contribution in [1.82, 2.24) is 9.29 Å². The Morgan fingerprint density at radius 1 is 1.10 bits per heavy atom. The van der Waals surface area contributed by atoms with Gasteiger partial charge in [-0.3, -0.25) is 4.79 Å². The van der Waals surface area contributed by atoms with Gasteiger partial charge in [-0.25, -0.2) is 13.2 Å². The molecule has 0 aliphatic rings. The Balaban J connectivity index is 2.13. The molecule has 7 nitrogen and oxygen atoms in total. The second kappa shape index (κ2) is 8.36. The molecule has 0 unspecified atom stereocenters. The monoisotopic (exact) mass is 434 g/mol. The van der Waals surface area contributed by atoms with E-state index >= 15 is 0 Å². The number of sulfonamides is 1. The van der Waals surface area contributed by atoms with Crippen LogP contribution in [0.3, 0.4) is 0 Å².